The standard InChI is InChI=1S/C17H27NO/c1-3-14-9-5-7-11-16(14)19-17-12-8-6-10-15(17)13-18-4-2/h6,8,10,12,14,16,18H,3-5,7,9,11,13H2,1-2H3. The van der Waals surface area contributed by atoms with Crippen molar-refractivity contribution in [1.82, 2.24) is 5.32 Å². The fourth-order valence-electron chi connectivity index (χ4n) is 2.98. The topological polar surface area (TPSA) is 21.3 Å². The molecule has 106 valence electrons. The van der Waals surface area contributed by atoms with Gasteiger partial charge in [0.15, 0.2) is 0 Å². The Hall–Kier alpha value is -1.02. The quantitative estimate of drug-likeness (QED) is 0.831. The number of hydrogen-bond acceptors (Lipinski definition) is 2. The Morgan fingerprint density at radius 1 is 1.16 bits per heavy atom. The summed E-state index contributed by atoms with van der Waals surface area (Å²) in [6.07, 6.45) is 6.89. The van der Waals surface area contributed by atoms with Crippen molar-refractivity contribution in [3.63, 3.8) is 0 Å². The normalized spacial score (nSPS) is 23.3. The van der Waals surface area contributed by atoms with E-state index < -0.39 is 0 Å². The maximum absolute atomic E-state index is 6.35. The maximum atomic E-state index is 6.35. The molecular weight excluding hydrogens is 234 g/mol. The molecule has 1 aromatic carbocycles. The number of nitrogens with one attached hydrogen (secondary N) is 1. The van der Waals surface area contributed by atoms with Crippen molar-refractivity contribution in [3.8, 4) is 5.75 Å². The Morgan fingerprint density at radius 2 is 1.95 bits per heavy atom. The molecule has 0 radical (unpaired) electrons. The summed E-state index contributed by atoms with van der Waals surface area (Å²) in [5, 5.41) is 3.39. The van der Waals surface area contributed by atoms with Gasteiger partial charge in [0, 0.05) is 12.1 Å². The molecule has 0 saturated heterocycles. The molecule has 2 nitrogen and oxygen atoms in total. The molecule has 0 aromatic heterocycles. The monoisotopic (exact) mass is 261 g/mol. The van der Waals surface area contributed by atoms with E-state index in [-0.39, 0.29) is 0 Å². The van der Waals surface area contributed by atoms with Crippen LogP contribution in [0.4, 0.5) is 0 Å². The van der Waals surface area contributed by atoms with Crippen molar-refractivity contribution in [2.75, 3.05) is 6.54 Å². The highest BCUT2D eigenvalue weighted by Crippen LogP contribution is 2.31. The van der Waals surface area contributed by atoms with Crippen LogP contribution in [0.1, 0.15) is 51.5 Å². The van der Waals surface area contributed by atoms with Crippen LogP contribution in [-0.2, 0) is 6.54 Å². The molecule has 2 heteroatoms. The zero-order valence-electron chi connectivity index (χ0n) is 12.3. The van der Waals surface area contributed by atoms with E-state index in [0.29, 0.717) is 6.10 Å². The maximum Gasteiger partial charge on any atom is 0.124 e. The van der Waals surface area contributed by atoms with E-state index in [9.17, 15) is 0 Å². The molecule has 2 rings (SSSR count). The van der Waals surface area contributed by atoms with Crippen molar-refractivity contribution in [2.45, 2.75) is 58.6 Å². The molecule has 0 heterocycles. The zero-order valence-corrected chi connectivity index (χ0v) is 12.3. The van der Waals surface area contributed by atoms with Gasteiger partial charge in [-0.15, -0.1) is 0 Å². The summed E-state index contributed by atoms with van der Waals surface area (Å²) in [7, 11) is 0. The lowest BCUT2D eigenvalue weighted by Gasteiger charge is -2.32. The molecule has 1 saturated carbocycles. The molecule has 1 fully saturated rings. The molecule has 0 aliphatic heterocycles. The fraction of sp³-hybridized carbons (Fsp3) is 0.647. The summed E-state index contributed by atoms with van der Waals surface area (Å²) in [5.41, 5.74) is 1.28. The number of benzene rings is 1. The van der Waals surface area contributed by atoms with Gasteiger partial charge in [0.05, 0.1) is 0 Å². The number of rotatable bonds is 6. The highest BCUT2D eigenvalue weighted by molar-refractivity contribution is 5.33. The first-order valence-electron chi connectivity index (χ1n) is 7.80. The van der Waals surface area contributed by atoms with Crippen LogP contribution in [0.15, 0.2) is 24.3 Å². The lowest BCUT2D eigenvalue weighted by molar-refractivity contribution is 0.0893. The molecule has 0 bridgehead atoms. The van der Waals surface area contributed by atoms with E-state index in [4.69, 9.17) is 4.74 Å². The number of para-hydroxylation sites is 1. The average Bonchev–Trinajstić information content (AvgIpc) is 2.47. The molecule has 2 unspecified atom stereocenters. The third-order valence-electron chi connectivity index (χ3n) is 4.18. The van der Waals surface area contributed by atoms with Gasteiger partial charge in [-0.1, -0.05) is 38.5 Å². The number of hydrogen-bond donors (Lipinski definition) is 1. The summed E-state index contributed by atoms with van der Waals surface area (Å²) >= 11 is 0. The molecule has 1 aliphatic rings. The fourth-order valence-corrected chi connectivity index (χ4v) is 2.98. The lowest BCUT2D eigenvalue weighted by Crippen LogP contribution is -2.30. The second kappa shape index (κ2) is 7.54. The van der Waals surface area contributed by atoms with E-state index in [1.807, 2.05) is 0 Å². The molecule has 1 aromatic rings. The van der Waals surface area contributed by atoms with Crippen molar-refractivity contribution in [3.05, 3.63) is 29.8 Å². The second-order valence-corrected chi connectivity index (χ2v) is 5.50. The predicted octanol–water partition coefficient (Wildman–Crippen LogP) is 4.14. The van der Waals surface area contributed by atoms with Gasteiger partial charge >= 0.3 is 0 Å². The molecule has 0 spiro atoms. The van der Waals surface area contributed by atoms with Gasteiger partial charge in [-0.3, -0.25) is 0 Å². The van der Waals surface area contributed by atoms with Gasteiger partial charge in [0.25, 0.3) is 0 Å². The Kier molecular flexibility index (Phi) is 5.71. The van der Waals surface area contributed by atoms with E-state index in [1.54, 1.807) is 0 Å². The minimum absolute atomic E-state index is 0.418. The third kappa shape index (κ3) is 3.97. The van der Waals surface area contributed by atoms with Crippen LogP contribution >= 0.6 is 0 Å². The smallest absolute Gasteiger partial charge is 0.124 e. The van der Waals surface area contributed by atoms with Crippen LogP contribution in [0.3, 0.4) is 0 Å². The molecular formula is C17H27NO. The van der Waals surface area contributed by atoms with Gasteiger partial charge < -0.3 is 10.1 Å². The minimum atomic E-state index is 0.418. The molecule has 19 heavy (non-hydrogen) atoms. The lowest BCUT2D eigenvalue weighted by atomic mass is 9.84. The first-order valence-corrected chi connectivity index (χ1v) is 7.80. The highest BCUT2D eigenvalue weighted by atomic mass is 16.5. The van der Waals surface area contributed by atoms with Crippen LogP contribution in [0, 0.1) is 5.92 Å². The Bertz CT molecular complexity index is 377. The van der Waals surface area contributed by atoms with Crippen LogP contribution < -0.4 is 10.1 Å². The largest absolute Gasteiger partial charge is 0.490 e. The van der Waals surface area contributed by atoms with Gasteiger partial charge in [0.2, 0.25) is 0 Å². The van der Waals surface area contributed by atoms with Gasteiger partial charge in [0.1, 0.15) is 11.9 Å². The third-order valence-corrected chi connectivity index (χ3v) is 4.18. The Balaban J connectivity index is 2.04. The Morgan fingerprint density at radius 3 is 2.74 bits per heavy atom. The average molecular weight is 261 g/mol. The van der Waals surface area contributed by atoms with E-state index in [1.165, 1.54) is 37.7 Å². The van der Waals surface area contributed by atoms with Crippen LogP contribution in [-0.4, -0.2) is 12.6 Å². The zero-order chi connectivity index (χ0) is 13.5. The molecule has 1 N–H and O–H groups in total. The summed E-state index contributed by atoms with van der Waals surface area (Å²) in [4.78, 5) is 0. The van der Waals surface area contributed by atoms with Gasteiger partial charge in [-0.25, -0.2) is 0 Å². The van der Waals surface area contributed by atoms with Crippen molar-refractivity contribution in [1.29, 1.82) is 0 Å². The summed E-state index contributed by atoms with van der Waals surface area (Å²) in [6, 6.07) is 8.46. The van der Waals surface area contributed by atoms with E-state index >= 15 is 0 Å². The second-order valence-electron chi connectivity index (χ2n) is 5.50. The highest BCUT2D eigenvalue weighted by Gasteiger charge is 2.25. The molecule has 2 atom stereocenters. The first-order chi connectivity index (χ1) is 9.35. The van der Waals surface area contributed by atoms with Crippen LogP contribution in [0.5, 0.6) is 5.75 Å². The van der Waals surface area contributed by atoms with Crippen molar-refractivity contribution in [2.24, 2.45) is 5.92 Å². The summed E-state index contributed by atoms with van der Waals surface area (Å²) in [6.45, 7) is 6.32. The molecule has 0 amide bonds. The summed E-state index contributed by atoms with van der Waals surface area (Å²) < 4.78 is 6.35. The van der Waals surface area contributed by atoms with E-state index in [2.05, 4.69) is 43.4 Å². The first kappa shape index (κ1) is 14.4. The van der Waals surface area contributed by atoms with E-state index in [0.717, 1.165) is 24.8 Å². The van der Waals surface area contributed by atoms with Gasteiger partial charge in [-0.2, -0.15) is 0 Å². The van der Waals surface area contributed by atoms with Crippen LogP contribution in [0.2, 0.25) is 0 Å². The van der Waals surface area contributed by atoms with Crippen LogP contribution in [0.25, 0.3) is 0 Å². The predicted molar refractivity (Wildman–Crippen MR) is 80.5 cm³/mol. The minimum Gasteiger partial charge on any atom is -0.490 e. The van der Waals surface area contributed by atoms with Gasteiger partial charge in [-0.05, 0) is 44.2 Å². The Labute approximate surface area is 117 Å². The van der Waals surface area contributed by atoms with Crippen molar-refractivity contribution >= 4 is 0 Å². The SMILES string of the molecule is CCNCc1ccccc1OC1CCCCC1CC. The van der Waals surface area contributed by atoms with Crippen molar-refractivity contribution < 1.29 is 4.74 Å². The molecule has 1 aliphatic carbocycles. The number of ether oxygens (including phenoxy) is 1. The summed E-state index contributed by atoms with van der Waals surface area (Å²) in [5.74, 6) is 1.81.